The largest absolute Gasteiger partial charge is 0.461 e. The maximum absolute atomic E-state index is 11.8. The molecule has 0 saturated heterocycles. The van der Waals surface area contributed by atoms with E-state index >= 15 is 0 Å². The molecule has 6 nitrogen and oxygen atoms in total. The summed E-state index contributed by atoms with van der Waals surface area (Å²) in [7, 11) is 0. The SMILES string of the molecule is O=C(CCCc1nc(-c2ccco2)no1)NCc1ccccc1. The van der Waals surface area contributed by atoms with E-state index in [9.17, 15) is 4.79 Å². The molecule has 2 aromatic heterocycles. The highest BCUT2D eigenvalue weighted by Gasteiger charge is 2.11. The lowest BCUT2D eigenvalue weighted by atomic mass is 10.2. The number of furan rings is 1. The van der Waals surface area contributed by atoms with Crippen LogP contribution in [-0.2, 0) is 17.8 Å². The van der Waals surface area contributed by atoms with Gasteiger partial charge in [-0.15, -0.1) is 0 Å². The molecule has 3 rings (SSSR count). The smallest absolute Gasteiger partial charge is 0.238 e. The molecule has 3 aromatic rings. The minimum atomic E-state index is 0.0135. The van der Waals surface area contributed by atoms with Crippen LogP contribution in [0, 0.1) is 0 Å². The maximum atomic E-state index is 11.8. The molecule has 0 aliphatic heterocycles. The van der Waals surface area contributed by atoms with Crippen LogP contribution in [0.1, 0.15) is 24.3 Å². The van der Waals surface area contributed by atoms with Crippen molar-refractivity contribution < 1.29 is 13.7 Å². The summed E-state index contributed by atoms with van der Waals surface area (Å²) in [5.41, 5.74) is 1.08. The van der Waals surface area contributed by atoms with Crippen molar-refractivity contribution in [2.75, 3.05) is 0 Å². The van der Waals surface area contributed by atoms with E-state index in [0.29, 0.717) is 43.3 Å². The van der Waals surface area contributed by atoms with E-state index in [0.717, 1.165) is 5.56 Å². The van der Waals surface area contributed by atoms with E-state index in [4.69, 9.17) is 8.94 Å². The van der Waals surface area contributed by atoms with Gasteiger partial charge in [-0.3, -0.25) is 4.79 Å². The molecule has 0 aliphatic rings. The van der Waals surface area contributed by atoms with E-state index < -0.39 is 0 Å². The number of aromatic nitrogens is 2. The molecule has 1 amide bonds. The number of nitrogens with one attached hydrogen (secondary N) is 1. The highest BCUT2D eigenvalue weighted by Crippen LogP contribution is 2.16. The van der Waals surface area contributed by atoms with Gasteiger partial charge in [-0.2, -0.15) is 4.98 Å². The molecule has 0 bridgehead atoms. The third-order valence-corrected chi connectivity index (χ3v) is 3.34. The zero-order valence-electron chi connectivity index (χ0n) is 12.6. The van der Waals surface area contributed by atoms with Crippen LogP contribution in [0.15, 0.2) is 57.7 Å². The summed E-state index contributed by atoms with van der Waals surface area (Å²) >= 11 is 0. The Morgan fingerprint density at radius 2 is 2.00 bits per heavy atom. The highest BCUT2D eigenvalue weighted by molar-refractivity contribution is 5.75. The molecule has 6 heteroatoms. The molecule has 0 radical (unpaired) electrons. The van der Waals surface area contributed by atoms with Gasteiger partial charge in [0.1, 0.15) is 0 Å². The van der Waals surface area contributed by atoms with Crippen LogP contribution >= 0.6 is 0 Å². The quantitative estimate of drug-likeness (QED) is 0.725. The van der Waals surface area contributed by atoms with Crippen LogP contribution in [-0.4, -0.2) is 16.0 Å². The number of hydrogen-bond acceptors (Lipinski definition) is 5. The molecule has 2 heterocycles. The van der Waals surface area contributed by atoms with Gasteiger partial charge in [0.15, 0.2) is 5.76 Å². The number of hydrogen-bond donors (Lipinski definition) is 1. The first-order valence-electron chi connectivity index (χ1n) is 7.48. The topological polar surface area (TPSA) is 81.2 Å². The number of carbonyl (C=O) groups is 1. The summed E-state index contributed by atoms with van der Waals surface area (Å²) in [5, 5.41) is 6.74. The fourth-order valence-corrected chi connectivity index (χ4v) is 2.15. The Morgan fingerprint density at radius 1 is 1.13 bits per heavy atom. The molecular formula is C17H17N3O3. The molecule has 0 fully saturated rings. The van der Waals surface area contributed by atoms with Gasteiger partial charge in [0.2, 0.25) is 17.6 Å². The summed E-state index contributed by atoms with van der Waals surface area (Å²) in [5.74, 6) is 1.52. The molecule has 1 N–H and O–H groups in total. The summed E-state index contributed by atoms with van der Waals surface area (Å²) < 4.78 is 10.3. The average Bonchev–Trinajstić information content (AvgIpc) is 3.25. The lowest BCUT2D eigenvalue weighted by molar-refractivity contribution is -0.121. The third-order valence-electron chi connectivity index (χ3n) is 3.34. The van der Waals surface area contributed by atoms with Gasteiger partial charge >= 0.3 is 0 Å². The van der Waals surface area contributed by atoms with Crippen molar-refractivity contribution in [3.05, 3.63) is 60.2 Å². The first-order valence-corrected chi connectivity index (χ1v) is 7.48. The van der Waals surface area contributed by atoms with E-state index in [2.05, 4.69) is 15.5 Å². The van der Waals surface area contributed by atoms with Gasteiger partial charge in [0.25, 0.3) is 0 Å². The second kappa shape index (κ2) is 7.40. The van der Waals surface area contributed by atoms with Crippen molar-refractivity contribution in [2.24, 2.45) is 0 Å². The zero-order valence-corrected chi connectivity index (χ0v) is 12.6. The van der Waals surface area contributed by atoms with Gasteiger partial charge in [0.05, 0.1) is 6.26 Å². The van der Waals surface area contributed by atoms with Gasteiger partial charge in [0, 0.05) is 19.4 Å². The van der Waals surface area contributed by atoms with Crippen LogP contribution in [0.3, 0.4) is 0 Å². The molecule has 23 heavy (non-hydrogen) atoms. The van der Waals surface area contributed by atoms with E-state index in [1.54, 1.807) is 18.4 Å². The molecule has 0 aliphatic carbocycles. The lowest BCUT2D eigenvalue weighted by Gasteiger charge is -2.04. The second-order valence-corrected chi connectivity index (χ2v) is 5.10. The Labute approximate surface area is 133 Å². The van der Waals surface area contributed by atoms with Crippen LogP contribution in [0.2, 0.25) is 0 Å². The summed E-state index contributed by atoms with van der Waals surface area (Å²) in [4.78, 5) is 16.0. The van der Waals surface area contributed by atoms with Crippen molar-refractivity contribution in [2.45, 2.75) is 25.8 Å². The van der Waals surface area contributed by atoms with Gasteiger partial charge in [-0.25, -0.2) is 0 Å². The number of aryl methyl sites for hydroxylation is 1. The maximum Gasteiger partial charge on any atom is 0.238 e. The lowest BCUT2D eigenvalue weighted by Crippen LogP contribution is -2.22. The Hall–Kier alpha value is -2.89. The predicted octanol–water partition coefficient (Wildman–Crippen LogP) is 2.97. The van der Waals surface area contributed by atoms with Crippen molar-refractivity contribution in [3.8, 4) is 11.6 Å². The van der Waals surface area contributed by atoms with Crippen molar-refractivity contribution in [3.63, 3.8) is 0 Å². The molecule has 0 spiro atoms. The minimum Gasteiger partial charge on any atom is -0.461 e. The highest BCUT2D eigenvalue weighted by atomic mass is 16.5. The standard InChI is InChI=1S/C17H17N3O3/c21-15(18-12-13-6-2-1-3-7-13)9-4-10-16-19-17(20-23-16)14-8-5-11-22-14/h1-3,5-8,11H,4,9-10,12H2,(H,18,21). The second-order valence-electron chi connectivity index (χ2n) is 5.10. The zero-order chi connectivity index (χ0) is 15.9. The number of amides is 1. The van der Waals surface area contributed by atoms with E-state index in [1.807, 2.05) is 30.3 Å². The summed E-state index contributed by atoms with van der Waals surface area (Å²) in [6, 6.07) is 13.4. The molecule has 0 saturated carbocycles. The Balaban J connectivity index is 1.40. The first-order chi connectivity index (χ1) is 11.3. The van der Waals surface area contributed by atoms with Crippen molar-refractivity contribution in [1.82, 2.24) is 15.5 Å². The van der Waals surface area contributed by atoms with Gasteiger partial charge < -0.3 is 14.3 Å². The van der Waals surface area contributed by atoms with Crippen LogP contribution < -0.4 is 5.32 Å². The average molecular weight is 311 g/mol. The number of carbonyl (C=O) groups excluding carboxylic acids is 1. The van der Waals surface area contributed by atoms with Crippen molar-refractivity contribution >= 4 is 5.91 Å². The fourth-order valence-electron chi connectivity index (χ4n) is 2.15. The van der Waals surface area contributed by atoms with Gasteiger partial charge in [-0.05, 0) is 24.1 Å². The van der Waals surface area contributed by atoms with Crippen molar-refractivity contribution in [1.29, 1.82) is 0 Å². The Kier molecular flexibility index (Phi) is 4.83. The van der Waals surface area contributed by atoms with Gasteiger partial charge in [-0.1, -0.05) is 35.5 Å². The third kappa shape index (κ3) is 4.29. The molecular weight excluding hydrogens is 294 g/mol. The first kappa shape index (κ1) is 15.0. The molecule has 1 aromatic carbocycles. The Bertz CT molecular complexity index is 736. The summed E-state index contributed by atoms with van der Waals surface area (Å²) in [6.45, 7) is 0.545. The monoisotopic (exact) mass is 311 g/mol. The fraction of sp³-hybridized carbons (Fsp3) is 0.235. The number of benzene rings is 1. The molecule has 118 valence electrons. The number of rotatable bonds is 7. The molecule has 0 atom stereocenters. The van der Waals surface area contributed by atoms with Crippen LogP contribution in [0.4, 0.5) is 0 Å². The summed E-state index contributed by atoms with van der Waals surface area (Å²) in [6.07, 6.45) is 3.20. The van der Waals surface area contributed by atoms with E-state index in [1.165, 1.54) is 0 Å². The van der Waals surface area contributed by atoms with Crippen LogP contribution in [0.25, 0.3) is 11.6 Å². The minimum absolute atomic E-state index is 0.0135. The normalized spacial score (nSPS) is 10.6. The van der Waals surface area contributed by atoms with E-state index in [-0.39, 0.29) is 5.91 Å². The molecule has 0 unspecified atom stereocenters. The number of nitrogens with zero attached hydrogens (tertiary/aromatic N) is 2. The Morgan fingerprint density at radius 3 is 2.78 bits per heavy atom. The predicted molar refractivity (Wildman–Crippen MR) is 83.2 cm³/mol. The van der Waals surface area contributed by atoms with Crippen LogP contribution in [0.5, 0.6) is 0 Å².